The van der Waals surface area contributed by atoms with Crippen LogP contribution in [0.4, 0.5) is 5.69 Å². The van der Waals surface area contributed by atoms with Crippen molar-refractivity contribution in [3.63, 3.8) is 0 Å². The van der Waals surface area contributed by atoms with E-state index in [2.05, 4.69) is 36.6 Å². The van der Waals surface area contributed by atoms with Crippen LogP contribution in [0, 0.1) is 19.8 Å². The first-order valence-electron chi connectivity index (χ1n) is 12.9. The lowest BCUT2D eigenvalue weighted by Gasteiger charge is -2.34. The highest BCUT2D eigenvalue weighted by Crippen LogP contribution is 2.36. The molecule has 1 saturated heterocycles. The van der Waals surface area contributed by atoms with Gasteiger partial charge >= 0.3 is 0 Å². The lowest BCUT2D eigenvalue weighted by molar-refractivity contribution is -0.125. The van der Waals surface area contributed by atoms with E-state index < -0.39 is 15.6 Å². The number of aliphatic imine (C=N–C) groups is 1. The van der Waals surface area contributed by atoms with E-state index in [0.29, 0.717) is 38.3 Å². The average Bonchev–Trinajstić information content (AvgIpc) is 3.14. The maximum Gasteiger partial charge on any atom is 0.253 e. The van der Waals surface area contributed by atoms with E-state index in [9.17, 15) is 13.2 Å². The minimum absolute atomic E-state index is 0.0477. The van der Waals surface area contributed by atoms with E-state index in [1.54, 1.807) is 4.31 Å². The molecule has 192 valence electrons. The molecule has 1 aliphatic carbocycles. The van der Waals surface area contributed by atoms with Gasteiger partial charge in [-0.25, -0.2) is 12.7 Å². The second kappa shape index (κ2) is 10.1. The van der Waals surface area contributed by atoms with Gasteiger partial charge in [-0.2, -0.15) is 0 Å². The Morgan fingerprint density at radius 1 is 1.14 bits per heavy atom. The summed E-state index contributed by atoms with van der Waals surface area (Å²) in [5, 5.41) is 6.22. The summed E-state index contributed by atoms with van der Waals surface area (Å²) in [5.74, 6) is 1.16. The summed E-state index contributed by atoms with van der Waals surface area (Å²) < 4.78 is 27.9. The van der Waals surface area contributed by atoms with Crippen LogP contribution in [0.1, 0.15) is 69.1 Å². The molecule has 0 bridgehead atoms. The first kappa shape index (κ1) is 25.9. The summed E-state index contributed by atoms with van der Waals surface area (Å²) in [6.45, 7) is 9.08. The average molecular weight is 501 g/mol. The summed E-state index contributed by atoms with van der Waals surface area (Å²) in [7, 11) is -1.53. The third kappa shape index (κ3) is 5.33. The summed E-state index contributed by atoms with van der Waals surface area (Å²) in [6.07, 6.45) is 5.55. The van der Waals surface area contributed by atoms with Crippen molar-refractivity contribution in [3.8, 4) is 0 Å². The van der Waals surface area contributed by atoms with Crippen LogP contribution in [0.5, 0.6) is 0 Å². The zero-order valence-corrected chi connectivity index (χ0v) is 22.6. The number of nitrogens with zero attached hydrogens (tertiary/aromatic N) is 2. The molecule has 1 amide bonds. The van der Waals surface area contributed by atoms with Gasteiger partial charge in [-0.05, 0) is 101 Å². The summed E-state index contributed by atoms with van der Waals surface area (Å²) >= 11 is 0. The zero-order chi connectivity index (χ0) is 25.4. The summed E-state index contributed by atoms with van der Waals surface area (Å²) in [5.41, 5.74) is 6.47. The van der Waals surface area contributed by atoms with E-state index in [4.69, 9.17) is 4.99 Å². The number of aryl methyl sites for hydroxylation is 2. The van der Waals surface area contributed by atoms with Gasteiger partial charge in [0.15, 0.2) is 0 Å². The van der Waals surface area contributed by atoms with Crippen molar-refractivity contribution in [1.29, 1.82) is 0 Å². The van der Waals surface area contributed by atoms with Crippen molar-refractivity contribution >= 4 is 27.5 Å². The van der Waals surface area contributed by atoms with Gasteiger partial charge in [-0.3, -0.25) is 9.79 Å². The normalized spacial score (nSPS) is 22.8. The van der Waals surface area contributed by atoms with E-state index >= 15 is 0 Å². The minimum atomic E-state index is -3.41. The third-order valence-corrected chi connectivity index (χ3v) is 10.1. The number of hydrogen-bond acceptors (Lipinski definition) is 5. The highest BCUT2D eigenvalue weighted by atomic mass is 32.2. The Bertz CT molecular complexity index is 1120. The Morgan fingerprint density at radius 2 is 1.74 bits per heavy atom. The maximum absolute atomic E-state index is 13.2. The van der Waals surface area contributed by atoms with Crippen molar-refractivity contribution in [3.05, 3.63) is 40.0 Å². The fourth-order valence-electron chi connectivity index (χ4n) is 5.84. The van der Waals surface area contributed by atoms with Crippen molar-refractivity contribution in [2.75, 3.05) is 31.2 Å². The fourth-order valence-corrected chi connectivity index (χ4v) is 7.30. The molecule has 35 heavy (non-hydrogen) atoms. The number of carbonyl (C=O) groups excluding carboxylic acids is 1. The van der Waals surface area contributed by atoms with Crippen molar-refractivity contribution in [2.45, 2.75) is 78.2 Å². The van der Waals surface area contributed by atoms with Crippen LogP contribution in [0.15, 0.2) is 28.3 Å². The number of amidine groups is 1. The fraction of sp³-hybridized carbons (Fsp3) is 0.630. The molecule has 3 aliphatic rings. The number of anilines is 1. The molecule has 2 aliphatic heterocycles. The first-order valence-corrected chi connectivity index (χ1v) is 14.5. The highest BCUT2D eigenvalue weighted by molar-refractivity contribution is 7.89. The molecule has 2 heterocycles. The molecule has 1 spiro atoms. The Morgan fingerprint density at radius 3 is 2.29 bits per heavy atom. The van der Waals surface area contributed by atoms with Crippen LogP contribution >= 0.6 is 0 Å². The summed E-state index contributed by atoms with van der Waals surface area (Å²) in [4.78, 5) is 17.9. The number of nitrogens with one attached hydrogen (secondary N) is 2. The molecule has 2 N–H and O–H groups in total. The second-order valence-electron chi connectivity index (χ2n) is 10.7. The van der Waals surface area contributed by atoms with Crippen LogP contribution in [-0.2, 0) is 21.2 Å². The number of amides is 1. The number of benzene rings is 1. The lowest BCUT2D eigenvalue weighted by atomic mass is 9.83. The SMILES string of the molecule is CNc1cc(C)c(CCS(=O)(=O)N2CCC3(CC2)N=C(C2CCC(=C(C)C)CC2)NC3=O)c(C)c1. The molecule has 1 saturated carbocycles. The highest BCUT2D eigenvalue weighted by Gasteiger charge is 2.48. The van der Waals surface area contributed by atoms with E-state index in [-0.39, 0.29) is 11.7 Å². The maximum atomic E-state index is 13.2. The minimum Gasteiger partial charge on any atom is -0.388 e. The largest absolute Gasteiger partial charge is 0.388 e. The number of sulfonamides is 1. The van der Waals surface area contributed by atoms with Gasteiger partial charge in [0.25, 0.3) is 5.91 Å². The Hall–Kier alpha value is -2.19. The van der Waals surface area contributed by atoms with Crippen LogP contribution in [0.2, 0.25) is 0 Å². The van der Waals surface area contributed by atoms with Crippen molar-refractivity contribution in [2.24, 2.45) is 10.9 Å². The number of allylic oxidation sites excluding steroid dienone is 2. The summed E-state index contributed by atoms with van der Waals surface area (Å²) in [6, 6.07) is 4.11. The Balaban J connectivity index is 1.38. The van der Waals surface area contributed by atoms with E-state index in [0.717, 1.165) is 53.9 Å². The van der Waals surface area contributed by atoms with E-state index in [1.807, 2.05) is 20.9 Å². The van der Waals surface area contributed by atoms with Gasteiger partial charge in [0, 0.05) is 31.7 Å². The third-order valence-electron chi connectivity index (χ3n) is 8.22. The first-order chi connectivity index (χ1) is 16.5. The molecule has 7 nitrogen and oxygen atoms in total. The monoisotopic (exact) mass is 500 g/mol. The molecule has 2 fully saturated rings. The molecule has 1 aromatic carbocycles. The van der Waals surface area contributed by atoms with Gasteiger partial charge in [-0.15, -0.1) is 0 Å². The van der Waals surface area contributed by atoms with E-state index in [1.165, 1.54) is 11.1 Å². The Kier molecular flexibility index (Phi) is 7.44. The smallest absolute Gasteiger partial charge is 0.253 e. The number of carbonyl (C=O) groups is 1. The van der Waals surface area contributed by atoms with Crippen LogP contribution in [-0.4, -0.2) is 55.9 Å². The van der Waals surface area contributed by atoms with Gasteiger partial charge in [0.2, 0.25) is 10.0 Å². The molecule has 8 heteroatoms. The topological polar surface area (TPSA) is 90.9 Å². The van der Waals surface area contributed by atoms with Crippen LogP contribution < -0.4 is 10.6 Å². The van der Waals surface area contributed by atoms with Gasteiger partial charge < -0.3 is 10.6 Å². The standard InChI is InChI=1S/C27H40N4O3S/c1-18(2)21-6-8-22(9-7-21)25-29-26(32)27(30-25)11-13-31(14-12-27)35(33,34)15-10-24-19(3)16-23(28-5)17-20(24)4/h16-17,22,28H,6-15H2,1-5H3,(H,29,30,32). The predicted molar refractivity (Wildman–Crippen MR) is 142 cm³/mol. The van der Waals surface area contributed by atoms with Gasteiger partial charge in [0.1, 0.15) is 11.4 Å². The molecule has 0 radical (unpaired) electrons. The predicted octanol–water partition coefficient (Wildman–Crippen LogP) is 4.11. The van der Waals surface area contributed by atoms with Gasteiger partial charge in [0.05, 0.1) is 5.75 Å². The Labute approximate surface area is 210 Å². The zero-order valence-electron chi connectivity index (χ0n) is 21.8. The lowest BCUT2D eigenvalue weighted by Crippen LogP contribution is -2.51. The molecule has 4 rings (SSSR count). The molecule has 0 atom stereocenters. The van der Waals surface area contributed by atoms with Crippen LogP contribution in [0.3, 0.4) is 0 Å². The quantitative estimate of drug-likeness (QED) is 0.575. The van der Waals surface area contributed by atoms with Gasteiger partial charge in [-0.1, -0.05) is 11.1 Å². The second-order valence-corrected chi connectivity index (χ2v) is 12.8. The number of hydrogen-bond donors (Lipinski definition) is 2. The number of piperidine rings is 1. The van der Waals surface area contributed by atoms with Crippen LogP contribution in [0.25, 0.3) is 0 Å². The molecule has 0 aromatic heterocycles. The molecular formula is C27H40N4O3S. The molecule has 0 unspecified atom stereocenters. The number of rotatable bonds is 6. The van der Waals surface area contributed by atoms with Crippen molar-refractivity contribution < 1.29 is 13.2 Å². The van der Waals surface area contributed by atoms with Crippen molar-refractivity contribution in [1.82, 2.24) is 9.62 Å². The molecular weight excluding hydrogens is 460 g/mol. The molecule has 1 aromatic rings.